The number of aliphatic hydroxyl groups is 1. The van der Waals surface area contributed by atoms with Gasteiger partial charge < -0.3 is 20.3 Å². The average molecular weight is 383 g/mol. The lowest BCUT2D eigenvalue weighted by Gasteiger charge is -2.36. The summed E-state index contributed by atoms with van der Waals surface area (Å²) in [6.45, 7) is 1.38. The van der Waals surface area contributed by atoms with Crippen molar-refractivity contribution >= 4 is 33.4 Å². The number of hydrogen-bond donors (Lipinski definition) is 2. The molecule has 0 bridgehead atoms. The molecule has 0 radical (unpaired) electrons. The number of nitrogens with two attached hydrogens (primary N) is 1. The van der Waals surface area contributed by atoms with Crippen LogP contribution in [0.25, 0.3) is 11.0 Å². The van der Waals surface area contributed by atoms with Crippen LogP contribution in [0, 0.1) is 11.8 Å². The molecule has 1 amide bonds. The zero-order valence-corrected chi connectivity index (χ0v) is 15.5. The van der Waals surface area contributed by atoms with Crippen molar-refractivity contribution in [1.29, 1.82) is 0 Å². The van der Waals surface area contributed by atoms with Gasteiger partial charge in [-0.15, -0.1) is 11.3 Å². The van der Waals surface area contributed by atoms with Crippen LogP contribution in [-0.2, 0) is 0 Å². The van der Waals surface area contributed by atoms with E-state index in [0.717, 1.165) is 17.5 Å². The Bertz CT molecular complexity index is 999. The van der Waals surface area contributed by atoms with E-state index < -0.39 is 6.10 Å². The van der Waals surface area contributed by atoms with E-state index in [4.69, 9.17) is 5.73 Å². The largest absolute Gasteiger partial charge is 0.391 e. The van der Waals surface area contributed by atoms with E-state index in [-0.39, 0.29) is 11.9 Å². The second kappa shape index (κ2) is 6.31. The summed E-state index contributed by atoms with van der Waals surface area (Å²) in [5.74, 6) is 0.641. The van der Waals surface area contributed by atoms with Gasteiger partial charge in [0, 0.05) is 18.5 Å². The lowest BCUT2D eigenvalue weighted by molar-refractivity contribution is 0.0374. The molecule has 3 aromatic rings. The van der Waals surface area contributed by atoms with E-state index in [2.05, 4.69) is 14.5 Å². The summed E-state index contributed by atoms with van der Waals surface area (Å²) < 4.78 is 2.10. The third-order valence-corrected chi connectivity index (χ3v) is 6.65. The van der Waals surface area contributed by atoms with Gasteiger partial charge in [-0.1, -0.05) is 12.1 Å². The molecule has 8 heteroatoms. The summed E-state index contributed by atoms with van der Waals surface area (Å²) in [6.07, 6.45) is 2.93. The molecule has 3 N–H and O–H groups in total. The maximum atomic E-state index is 12.7. The first kappa shape index (κ1) is 16.7. The predicted molar refractivity (Wildman–Crippen MR) is 103 cm³/mol. The molecule has 27 heavy (non-hydrogen) atoms. The minimum Gasteiger partial charge on any atom is -0.391 e. The molecule has 0 unspecified atom stereocenters. The molecular weight excluding hydrogens is 362 g/mol. The minimum atomic E-state index is -0.436. The molecule has 2 fully saturated rings. The molecule has 1 saturated carbocycles. The maximum Gasteiger partial charge on any atom is 0.273 e. The van der Waals surface area contributed by atoms with Gasteiger partial charge in [0.2, 0.25) is 0 Å². The Kier molecular flexibility index (Phi) is 3.91. The van der Waals surface area contributed by atoms with Crippen LogP contribution in [0.15, 0.2) is 36.0 Å². The number of thiazole rings is 1. The fourth-order valence-corrected chi connectivity index (χ4v) is 5.20. The summed E-state index contributed by atoms with van der Waals surface area (Å²) in [5.41, 5.74) is 8.07. The number of para-hydroxylation sites is 2. The first-order chi connectivity index (χ1) is 13.1. The lowest BCUT2D eigenvalue weighted by Crippen LogP contribution is -2.36. The Labute approximate surface area is 160 Å². The van der Waals surface area contributed by atoms with E-state index in [0.29, 0.717) is 42.2 Å². The predicted octanol–water partition coefficient (Wildman–Crippen LogP) is 2.16. The number of aliphatic hydroxyl groups excluding tert-OH is 1. The van der Waals surface area contributed by atoms with E-state index in [1.807, 2.05) is 35.5 Å². The zero-order valence-electron chi connectivity index (χ0n) is 14.7. The average Bonchev–Trinajstić information content (AvgIpc) is 3.38. The molecule has 1 saturated heterocycles. The number of likely N-dealkylation sites (tertiary alicyclic amines) is 1. The summed E-state index contributed by atoms with van der Waals surface area (Å²) >= 11 is 1.29. The van der Waals surface area contributed by atoms with Gasteiger partial charge in [-0.25, -0.2) is 9.97 Å². The number of rotatable bonds is 2. The molecule has 0 spiro atoms. The van der Waals surface area contributed by atoms with Gasteiger partial charge in [0.15, 0.2) is 5.13 Å². The Balaban J connectivity index is 1.37. The summed E-state index contributed by atoms with van der Waals surface area (Å²) in [4.78, 5) is 23.2. The van der Waals surface area contributed by atoms with Gasteiger partial charge in [-0.3, -0.25) is 4.79 Å². The number of amides is 1. The van der Waals surface area contributed by atoms with Crippen LogP contribution >= 0.6 is 11.3 Å². The van der Waals surface area contributed by atoms with Gasteiger partial charge >= 0.3 is 0 Å². The fraction of sp³-hybridized carbons (Fsp3) is 0.421. The Morgan fingerprint density at radius 1 is 1.22 bits per heavy atom. The highest BCUT2D eigenvalue weighted by Gasteiger charge is 2.44. The van der Waals surface area contributed by atoms with Crippen LogP contribution in [0.4, 0.5) is 5.13 Å². The van der Waals surface area contributed by atoms with Crippen LogP contribution in [-0.4, -0.2) is 49.6 Å². The zero-order chi connectivity index (χ0) is 18.5. The molecule has 1 aliphatic carbocycles. The van der Waals surface area contributed by atoms with Crippen molar-refractivity contribution in [3.63, 3.8) is 0 Å². The fourth-order valence-electron chi connectivity index (χ4n) is 4.66. The van der Waals surface area contributed by atoms with Gasteiger partial charge in [-0.2, -0.15) is 0 Å². The second-order valence-electron chi connectivity index (χ2n) is 7.55. The first-order valence-electron chi connectivity index (χ1n) is 9.20. The summed E-state index contributed by atoms with van der Waals surface area (Å²) in [5, 5.41) is 12.9. The second-order valence-corrected chi connectivity index (χ2v) is 8.44. The van der Waals surface area contributed by atoms with Crippen LogP contribution < -0.4 is 5.73 Å². The third-order valence-electron chi connectivity index (χ3n) is 5.98. The first-order valence-corrected chi connectivity index (χ1v) is 10.1. The number of nitrogens with zero attached hydrogens (tertiary/aromatic N) is 4. The molecule has 4 atom stereocenters. The molecule has 7 nitrogen and oxygen atoms in total. The number of fused-ring (bicyclic) bond motifs is 2. The number of nitrogen functional groups attached to an aromatic ring is 1. The van der Waals surface area contributed by atoms with Crippen LogP contribution in [0.1, 0.15) is 29.4 Å². The molecule has 140 valence electrons. The Morgan fingerprint density at radius 2 is 2.00 bits per heavy atom. The van der Waals surface area contributed by atoms with E-state index in [1.54, 1.807) is 5.38 Å². The Hall–Kier alpha value is -2.45. The monoisotopic (exact) mass is 383 g/mol. The number of benzene rings is 1. The smallest absolute Gasteiger partial charge is 0.273 e. The highest BCUT2D eigenvalue weighted by Crippen LogP contribution is 2.42. The van der Waals surface area contributed by atoms with Crippen LogP contribution in [0.2, 0.25) is 0 Å². The van der Waals surface area contributed by atoms with E-state index in [1.165, 1.54) is 11.3 Å². The molecule has 3 heterocycles. The highest BCUT2D eigenvalue weighted by atomic mass is 32.1. The standard InChI is InChI=1S/C19H21N5O2S/c20-19-22-14(9-27-19)18(26)23-7-11-5-16(17(25)6-12(11)8-23)24-10-21-13-3-1-2-4-15(13)24/h1-4,9-12,16-17,25H,5-8H2,(H2,20,22)/t11-,12+,16-,17-/m1/s1. The van der Waals surface area contributed by atoms with E-state index in [9.17, 15) is 9.90 Å². The van der Waals surface area contributed by atoms with Crippen molar-refractivity contribution in [1.82, 2.24) is 19.4 Å². The van der Waals surface area contributed by atoms with E-state index >= 15 is 0 Å². The van der Waals surface area contributed by atoms with Gasteiger partial charge in [0.25, 0.3) is 5.91 Å². The van der Waals surface area contributed by atoms with Gasteiger partial charge in [0.05, 0.1) is 29.5 Å². The number of aromatic nitrogens is 3. The normalized spacial score (nSPS) is 27.8. The van der Waals surface area contributed by atoms with Gasteiger partial charge in [0.1, 0.15) is 5.69 Å². The highest BCUT2D eigenvalue weighted by molar-refractivity contribution is 7.13. The number of imidazole rings is 1. The van der Waals surface area contributed by atoms with Crippen molar-refractivity contribution in [3.8, 4) is 0 Å². The Morgan fingerprint density at radius 3 is 2.78 bits per heavy atom. The minimum absolute atomic E-state index is 0.0105. The quantitative estimate of drug-likeness (QED) is 0.707. The topological polar surface area (TPSA) is 97.3 Å². The molecule has 1 aromatic carbocycles. The molecule has 1 aliphatic heterocycles. The molecular formula is C19H21N5O2S. The van der Waals surface area contributed by atoms with Crippen molar-refractivity contribution in [2.45, 2.75) is 25.0 Å². The van der Waals surface area contributed by atoms with Gasteiger partial charge in [-0.05, 0) is 36.8 Å². The van der Waals surface area contributed by atoms with Crippen molar-refractivity contribution < 1.29 is 9.90 Å². The number of carbonyl (C=O) groups is 1. The van der Waals surface area contributed by atoms with Crippen molar-refractivity contribution in [3.05, 3.63) is 41.7 Å². The molecule has 5 rings (SSSR count). The third kappa shape index (κ3) is 2.80. The van der Waals surface area contributed by atoms with Crippen LogP contribution in [0.5, 0.6) is 0 Å². The van der Waals surface area contributed by atoms with Crippen LogP contribution in [0.3, 0.4) is 0 Å². The lowest BCUT2D eigenvalue weighted by atomic mass is 9.77. The summed E-state index contributed by atoms with van der Waals surface area (Å²) in [7, 11) is 0. The number of hydrogen-bond acceptors (Lipinski definition) is 6. The van der Waals surface area contributed by atoms with Crippen molar-refractivity contribution in [2.24, 2.45) is 11.8 Å². The molecule has 2 aromatic heterocycles. The maximum absolute atomic E-state index is 12.7. The van der Waals surface area contributed by atoms with Crippen molar-refractivity contribution in [2.75, 3.05) is 18.8 Å². The summed E-state index contributed by atoms with van der Waals surface area (Å²) in [6, 6.07) is 7.98. The SMILES string of the molecule is Nc1nc(C(=O)N2C[C@H]3C[C@@H](n4cnc5ccccc54)[C@H](O)C[C@H]3C2)cs1. The number of carbonyl (C=O) groups excluding carboxylic acids is 1. The molecule has 2 aliphatic rings. The number of anilines is 1.